The second-order valence-corrected chi connectivity index (χ2v) is 7.08. The van der Waals surface area contributed by atoms with Gasteiger partial charge in [-0.25, -0.2) is 4.79 Å². The minimum atomic E-state index is -0.278. The van der Waals surface area contributed by atoms with Crippen molar-refractivity contribution in [2.45, 2.75) is 44.6 Å². The van der Waals surface area contributed by atoms with Crippen LogP contribution in [0.3, 0.4) is 0 Å². The van der Waals surface area contributed by atoms with Crippen molar-refractivity contribution >= 4 is 17.0 Å². The van der Waals surface area contributed by atoms with Gasteiger partial charge in [0.25, 0.3) is 0 Å². The first-order valence-corrected chi connectivity index (χ1v) is 9.11. The Morgan fingerprint density at radius 3 is 3.00 bits per heavy atom. The van der Waals surface area contributed by atoms with Crippen LogP contribution in [0.25, 0.3) is 10.9 Å². The zero-order valence-electron chi connectivity index (χ0n) is 15.7. The minimum absolute atomic E-state index is 0.128. The molecule has 136 valence electrons. The van der Waals surface area contributed by atoms with Crippen molar-refractivity contribution in [1.82, 2.24) is 9.88 Å². The minimum Gasteiger partial charge on any atom is -0.453 e. The van der Waals surface area contributed by atoms with Gasteiger partial charge in [-0.3, -0.25) is 4.98 Å². The van der Waals surface area contributed by atoms with E-state index in [1.165, 1.54) is 18.2 Å². The van der Waals surface area contributed by atoms with Gasteiger partial charge in [-0.1, -0.05) is 19.1 Å². The van der Waals surface area contributed by atoms with Crippen LogP contribution in [0.15, 0.2) is 30.5 Å². The smallest absolute Gasteiger partial charge is 0.409 e. The second kappa shape index (κ2) is 7.33. The van der Waals surface area contributed by atoms with Gasteiger partial charge in [0.05, 0.1) is 18.7 Å². The molecule has 1 saturated carbocycles. The van der Waals surface area contributed by atoms with Crippen LogP contribution in [0, 0.1) is 17.2 Å². The number of nitrogens with zero attached hydrogens (tertiary/aromatic N) is 3. The summed E-state index contributed by atoms with van der Waals surface area (Å²) < 4.78 is 4.92. The number of ether oxygens (including phenoxy) is 1. The highest BCUT2D eigenvalue weighted by molar-refractivity contribution is 5.82. The summed E-state index contributed by atoms with van der Waals surface area (Å²) in [6.45, 7) is 2.12. The molecule has 1 amide bonds. The molecule has 1 aromatic carbocycles. The third kappa shape index (κ3) is 3.24. The van der Waals surface area contributed by atoms with E-state index in [0.717, 1.165) is 36.6 Å². The summed E-state index contributed by atoms with van der Waals surface area (Å²) in [5.74, 6) is 0.396. The van der Waals surface area contributed by atoms with Crippen molar-refractivity contribution in [3.8, 4) is 6.07 Å². The van der Waals surface area contributed by atoms with Gasteiger partial charge in [0.2, 0.25) is 0 Å². The van der Waals surface area contributed by atoms with Crippen LogP contribution < -0.4 is 0 Å². The molecule has 2 atom stereocenters. The standard InChI is InChI=1S/C21H25N3O2/c1-4-21(24(2)20(25)26-3)14-18(21)13-17-12-15(7-5-9-22)11-16-8-6-10-23-19(16)17/h6,8,10-12,18H,4-5,7,13-14H2,1-3H3. The molecule has 0 saturated heterocycles. The van der Waals surface area contributed by atoms with Crippen LogP contribution in [0.5, 0.6) is 0 Å². The summed E-state index contributed by atoms with van der Waals surface area (Å²) in [4.78, 5) is 18.3. The summed E-state index contributed by atoms with van der Waals surface area (Å²) in [5, 5.41) is 10.0. The van der Waals surface area contributed by atoms with Gasteiger partial charge in [-0.15, -0.1) is 0 Å². The quantitative estimate of drug-likeness (QED) is 0.786. The topological polar surface area (TPSA) is 66.2 Å². The molecular weight excluding hydrogens is 326 g/mol. The average Bonchev–Trinajstić information content (AvgIpc) is 3.39. The Morgan fingerprint density at radius 1 is 1.50 bits per heavy atom. The number of pyridine rings is 1. The number of methoxy groups -OCH3 is 1. The lowest BCUT2D eigenvalue weighted by Gasteiger charge is -2.27. The maximum atomic E-state index is 12.0. The lowest BCUT2D eigenvalue weighted by atomic mass is 9.96. The Bertz CT molecular complexity index is 858. The van der Waals surface area contributed by atoms with Gasteiger partial charge in [0, 0.05) is 30.6 Å². The molecule has 0 bridgehead atoms. The lowest BCUT2D eigenvalue weighted by molar-refractivity contribution is 0.106. The fraction of sp³-hybridized carbons (Fsp3) is 0.476. The van der Waals surface area contributed by atoms with E-state index in [2.05, 4.69) is 36.2 Å². The number of hydrogen-bond donors (Lipinski definition) is 0. The van der Waals surface area contributed by atoms with Crippen molar-refractivity contribution in [2.24, 2.45) is 5.92 Å². The van der Waals surface area contributed by atoms with Gasteiger partial charge in [0.1, 0.15) is 0 Å². The maximum absolute atomic E-state index is 12.0. The number of carbonyl (C=O) groups excluding carboxylic acids is 1. The van der Waals surface area contributed by atoms with Gasteiger partial charge >= 0.3 is 6.09 Å². The third-order valence-corrected chi connectivity index (χ3v) is 5.76. The van der Waals surface area contributed by atoms with E-state index in [4.69, 9.17) is 10.00 Å². The van der Waals surface area contributed by atoms with E-state index in [1.807, 2.05) is 19.3 Å². The van der Waals surface area contributed by atoms with Crippen LogP contribution in [-0.2, 0) is 17.6 Å². The van der Waals surface area contributed by atoms with Crippen molar-refractivity contribution in [1.29, 1.82) is 5.26 Å². The Labute approximate surface area is 154 Å². The van der Waals surface area contributed by atoms with E-state index >= 15 is 0 Å². The molecular formula is C21H25N3O2. The first-order valence-electron chi connectivity index (χ1n) is 9.11. The highest BCUT2D eigenvalue weighted by Crippen LogP contribution is 2.52. The molecule has 1 aromatic heterocycles. The molecule has 1 heterocycles. The monoisotopic (exact) mass is 351 g/mol. The third-order valence-electron chi connectivity index (χ3n) is 5.76. The van der Waals surface area contributed by atoms with Crippen molar-refractivity contribution in [3.63, 3.8) is 0 Å². The lowest BCUT2D eigenvalue weighted by Crippen LogP contribution is -2.40. The van der Waals surface area contributed by atoms with E-state index < -0.39 is 0 Å². The van der Waals surface area contributed by atoms with Crippen molar-refractivity contribution in [3.05, 3.63) is 41.6 Å². The number of nitriles is 1. The largest absolute Gasteiger partial charge is 0.453 e. The summed E-state index contributed by atoms with van der Waals surface area (Å²) >= 11 is 0. The molecule has 0 spiro atoms. The fourth-order valence-electron chi connectivity index (χ4n) is 4.13. The molecule has 3 rings (SSSR count). The van der Waals surface area contributed by atoms with E-state index in [-0.39, 0.29) is 11.6 Å². The Kier molecular flexibility index (Phi) is 5.13. The number of amides is 1. The molecule has 1 aliphatic rings. The van der Waals surface area contributed by atoms with E-state index in [9.17, 15) is 4.79 Å². The molecule has 1 fully saturated rings. The number of rotatable bonds is 6. The molecule has 1 aliphatic carbocycles. The SMILES string of the molecule is CCC1(N(C)C(=O)OC)CC1Cc1cc(CCC#N)cc2cccnc12. The van der Waals surface area contributed by atoms with Crippen LogP contribution in [-0.4, -0.2) is 35.7 Å². The predicted octanol–water partition coefficient (Wildman–Crippen LogP) is 4.10. The zero-order chi connectivity index (χ0) is 18.7. The normalized spacial score (nSPS) is 21.2. The van der Waals surface area contributed by atoms with Gasteiger partial charge < -0.3 is 9.64 Å². The molecule has 2 aromatic rings. The van der Waals surface area contributed by atoms with Crippen LogP contribution in [0.4, 0.5) is 4.79 Å². The number of benzene rings is 1. The number of hydrogen-bond acceptors (Lipinski definition) is 4. The number of fused-ring (bicyclic) bond motifs is 1. The number of aryl methyl sites for hydroxylation is 1. The average molecular weight is 351 g/mol. The molecule has 2 unspecified atom stereocenters. The fourth-order valence-corrected chi connectivity index (χ4v) is 4.13. The first kappa shape index (κ1) is 18.2. The predicted molar refractivity (Wildman–Crippen MR) is 101 cm³/mol. The molecule has 26 heavy (non-hydrogen) atoms. The van der Waals surface area contributed by atoms with E-state index in [0.29, 0.717) is 12.3 Å². The molecule has 0 N–H and O–H groups in total. The molecule has 0 aliphatic heterocycles. The number of carbonyl (C=O) groups is 1. The molecule has 5 nitrogen and oxygen atoms in total. The van der Waals surface area contributed by atoms with Crippen LogP contribution >= 0.6 is 0 Å². The first-order chi connectivity index (χ1) is 12.6. The van der Waals surface area contributed by atoms with Crippen LogP contribution in [0.1, 0.15) is 37.3 Å². The Hall–Kier alpha value is -2.61. The second-order valence-electron chi connectivity index (χ2n) is 7.08. The zero-order valence-corrected chi connectivity index (χ0v) is 15.7. The number of aromatic nitrogens is 1. The summed E-state index contributed by atoms with van der Waals surface area (Å²) in [7, 11) is 3.25. The summed E-state index contributed by atoms with van der Waals surface area (Å²) in [5.41, 5.74) is 3.27. The van der Waals surface area contributed by atoms with Gasteiger partial charge in [0.15, 0.2) is 0 Å². The van der Waals surface area contributed by atoms with Gasteiger partial charge in [-0.2, -0.15) is 5.26 Å². The highest BCUT2D eigenvalue weighted by atomic mass is 16.5. The molecule has 5 heteroatoms. The van der Waals surface area contributed by atoms with Crippen molar-refractivity contribution in [2.75, 3.05) is 14.2 Å². The van der Waals surface area contributed by atoms with Crippen LogP contribution in [0.2, 0.25) is 0 Å². The highest BCUT2D eigenvalue weighted by Gasteiger charge is 2.57. The van der Waals surface area contributed by atoms with Crippen molar-refractivity contribution < 1.29 is 9.53 Å². The van der Waals surface area contributed by atoms with E-state index in [1.54, 1.807) is 4.90 Å². The maximum Gasteiger partial charge on any atom is 0.409 e. The molecule has 0 radical (unpaired) electrons. The summed E-state index contributed by atoms with van der Waals surface area (Å²) in [6, 6.07) is 10.5. The Balaban J connectivity index is 1.89. The van der Waals surface area contributed by atoms with Gasteiger partial charge in [-0.05, 0) is 54.9 Å². The Morgan fingerprint density at radius 2 is 2.31 bits per heavy atom. The summed E-state index contributed by atoms with van der Waals surface area (Å²) in [6.07, 6.45) is 5.57.